The fraction of sp³-hybridized carbons (Fsp3) is 0.455. The Morgan fingerprint density at radius 3 is 2.28 bits per heavy atom. The molecule has 1 aromatic carbocycles. The summed E-state index contributed by atoms with van der Waals surface area (Å²) in [6.45, 7) is 6.40. The molecule has 0 fully saturated rings. The highest BCUT2D eigenvalue weighted by atomic mass is 16.5. The maximum Gasteiger partial charge on any atom is 0.234 e. The zero-order valence-corrected chi connectivity index (χ0v) is 15.4. The van der Waals surface area contributed by atoms with Gasteiger partial charge in [-0.3, -0.25) is 9.59 Å². The van der Waals surface area contributed by atoms with Crippen molar-refractivity contribution >= 4 is 17.3 Å². The van der Waals surface area contributed by atoms with Crippen molar-refractivity contribution < 1.29 is 14.3 Å². The first-order chi connectivity index (χ1) is 12.0. The third-order valence-electron chi connectivity index (χ3n) is 5.12. The van der Waals surface area contributed by atoms with E-state index in [-0.39, 0.29) is 11.4 Å². The van der Waals surface area contributed by atoms with Gasteiger partial charge < -0.3 is 4.74 Å². The number of ketones is 2. The van der Waals surface area contributed by atoms with Gasteiger partial charge in [-0.2, -0.15) is 0 Å². The van der Waals surface area contributed by atoms with Crippen molar-refractivity contribution in [3.8, 4) is 0 Å². The standard InChI is InChI=1S/C19H18O3.C3H8/c1-12-6-9-19(10-7-12)11-8-15-17(21)16(20)13-4-2-3-5-14(13)18(15)22-19;1-3-2/h2-6H,7-11H2,1H3;3H2,1-2H3. The van der Waals surface area contributed by atoms with Gasteiger partial charge >= 0.3 is 0 Å². The summed E-state index contributed by atoms with van der Waals surface area (Å²) >= 11 is 0. The summed E-state index contributed by atoms with van der Waals surface area (Å²) in [7, 11) is 0. The van der Waals surface area contributed by atoms with Gasteiger partial charge in [-0.1, -0.05) is 56.2 Å². The number of hydrogen-bond acceptors (Lipinski definition) is 3. The smallest absolute Gasteiger partial charge is 0.234 e. The van der Waals surface area contributed by atoms with Crippen LogP contribution in [0.4, 0.5) is 0 Å². The molecule has 1 aliphatic heterocycles. The van der Waals surface area contributed by atoms with Crippen molar-refractivity contribution in [3.63, 3.8) is 0 Å². The fourth-order valence-corrected chi connectivity index (χ4v) is 3.68. The molecule has 1 atom stereocenters. The first kappa shape index (κ1) is 17.7. The SMILES string of the molecule is CC1=CCC2(CC1)CCC1=C(O2)c2ccccc2C(=O)C1=O.CCC. The Labute approximate surface area is 149 Å². The van der Waals surface area contributed by atoms with Gasteiger partial charge in [0.2, 0.25) is 11.6 Å². The third kappa shape index (κ3) is 3.20. The van der Waals surface area contributed by atoms with Crippen molar-refractivity contribution in [1.82, 2.24) is 0 Å². The maximum absolute atomic E-state index is 12.3. The molecule has 1 heterocycles. The Hall–Kier alpha value is -2.16. The minimum absolute atomic E-state index is 0.202. The van der Waals surface area contributed by atoms with E-state index >= 15 is 0 Å². The molecule has 2 aliphatic carbocycles. The summed E-state index contributed by atoms with van der Waals surface area (Å²) in [5.41, 5.74) is 3.04. The molecule has 0 radical (unpaired) electrons. The number of ether oxygens (including phenoxy) is 1. The van der Waals surface area contributed by atoms with Crippen LogP contribution < -0.4 is 0 Å². The molecule has 0 amide bonds. The van der Waals surface area contributed by atoms with Gasteiger partial charge in [-0.25, -0.2) is 0 Å². The molecule has 4 rings (SSSR count). The molecule has 1 aromatic rings. The van der Waals surface area contributed by atoms with Crippen molar-refractivity contribution in [2.24, 2.45) is 0 Å². The minimum atomic E-state index is -0.395. The lowest BCUT2D eigenvalue weighted by molar-refractivity contribution is -0.112. The van der Waals surface area contributed by atoms with E-state index in [1.807, 2.05) is 12.1 Å². The average molecular weight is 338 g/mol. The molecule has 0 aromatic heterocycles. The predicted octanol–water partition coefficient (Wildman–Crippen LogP) is 5.26. The topological polar surface area (TPSA) is 43.4 Å². The van der Waals surface area contributed by atoms with Gasteiger partial charge in [0.15, 0.2) is 0 Å². The van der Waals surface area contributed by atoms with Gasteiger partial charge in [0.1, 0.15) is 11.4 Å². The molecular weight excluding hydrogens is 312 g/mol. The monoisotopic (exact) mass is 338 g/mol. The van der Waals surface area contributed by atoms with Crippen LogP contribution in [0.2, 0.25) is 0 Å². The minimum Gasteiger partial charge on any atom is -0.486 e. The Balaban J connectivity index is 0.000000569. The number of carbonyl (C=O) groups excluding carboxylic acids is 2. The largest absolute Gasteiger partial charge is 0.486 e. The normalized spacial score (nSPS) is 24.7. The van der Waals surface area contributed by atoms with Crippen LogP contribution in [-0.4, -0.2) is 17.2 Å². The van der Waals surface area contributed by atoms with E-state index in [2.05, 4.69) is 26.8 Å². The number of hydrogen-bond donors (Lipinski definition) is 0. The van der Waals surface area contributed by atoms with Crippen LogP contribution in [0.25, 0.3) is 5.76 Å². The zero-order valence-electron chi connectivity index (χ0n) is 15.4. The summed E-state index contributed by atoms with van der Waals surface area (Å²) in [6.07, 6.45) is 7.86. The van der Waals surface area contributed by atoms with E-state index in [0.29, 0.717) is 23.3 Å². The predicted molar refractivity (Wildman–Crippen MR) is 99.3 cm³/mol. The molecule has 3 nitrogen and oxygen atoms in total. The van der Waals surface area contributed by atoms with E-state index in [1.165, 1.54) is 12.0 Å². The summed E-state index contributed by atoms with van der Waals surface area (Å²) in [6, 6.07) is 7.29. The second-order valence-corrected chi connectivity index (χ2v) is 7.26. The molecule has 25 heavy (non-hydrogen) atoms. The molecule has 0 saturated heterocycles. The number of rotatable bonds is 0. The number of fused-ring (bicyclic) bond motifs is 2. The summed E-state index contributed by atoms with van der Waals surface area (Å²) < 4.78 is 6.37. The molecule has 3 aliphatic rings. The third-order valence-corrected chi connectivity index (χ3v) is 5.12. The first-order valence-corrected chi connectivity index (χ1v) is 9.27. The Morgan fingerprint density at radius 1 is 1.00 bits per heavy atom. The lowest BCUT2D eigenvalue weighted by Gasteiger charge is -2.42. The van der Waals surface area contributed by atoms with E-state index < -0.39 is 5.78 Å². The van der Waals surface area contributed by atoms with E-state index in [4.69, 9.17) is 4.74 Å². The lowest BCUT2D eigenvalue weighted by atomic mass is 9.76. The highest BCUT2D eigenvalue weighted by Crippen LogP contribution is 2.46. The fourth-order valence-electron chi connectivity index (χ4n) is 3.68. The van der Waals surface area contributed by atoms with Crippen molar-refractivity contribution in [3.05, 3.63) is 52.6 Å². The highest BCUT2D eigenvalue weighted by Gasteiger charge is 2.43. The van der Waals surface area contributed by atoms with Crippen LogP contribution in [0.3, 0.4) is 0 Å². The van der Waals surface area contributed by atoms with E-state index in [9.17, 15) is 9.59 Å². The Morgan fingerprint density at radius 2 is 1.64 bits per heavy atom. The van der Waals surface area contributed by atoms with Crippen molar-refractivity contribution in [2.45, 2.75) is 64.9 Å². The van der Waals surface area contributed by atoms with Crippen LogP contribution in [0.5, 0.6) is 0 Å². The van der Waals surface area contributed by atoms with Crippen LogP contribution in [0.1, 0.15) is 75.2 Å². The average Bonchev–Trinajstić information content (AvgIpc) is 2.63. The summed E-state index contributed by atoms with van der Waals surface area (Å²) in [5.74, 6) is -0.126. The number of benzene rings is 1. The Bertz CT molecular complexity index is 769. The van der Waals surface area contributed by atoms with Gasteiger partial charge in [0.05, 0.1) is 0 Å². The highest BCUT2D eigenvalue weighted by molar-refractivity contribution is 6.52. The van der Waals surface area contributed by atoms with Crippen molar-refractivity contribution in [1.29, 1.82) is 0 Å². The van der Waals surface area contributed by atoms with E-state index in [0.717, 1.165) is 31.2 Å². The first-order valence-electron chi connectivity index (χ1n) is 9.27. The molecule has 3 heteroatoms. The zero-order chi connectivity index (χ0) is 18.0. The molecule has 1 unspecified atom stereocenters. The van der Waals surface area contributed by atoms with Crippen LogP contribution >= 0.6 is 0 Å². The number of carbonyl (C=O) groups is 2. The number of Topliss-reactive ketones (excluding diaryl/α,β-unsaturated/α-hetero) is 2. The number of allylic oxidation sites excluding steroid dienone is 2. The van der Waals surface area contributed by atoms with E-state index in [1.54, 1.807) is 12.1 Å². The van der Waals surface area contributed by atoms with Crippen LogP contribution in [0, 0.1) is 0 Å². The second-order valence-electron chi connectivity index (χ2n) is 7.26. The van der Waals surface area contributed by atoms with Crippen LogP contribution in [-0.2, 0) is 9.53 Å². The maximum atomic E-state index is 12.3. The van der Waals surface area contributed by atoms with Gasteiger partial charge in [0.25, 0.3) is 0 Å². The molecule has 0 N–H and O–H groups in total. The van der Waals surface area contributed by atoms with Crippen molar-refractivity contribution in [2.75, 3.05) is 0 Å². The molecule has 0 bridgehead atoms. The molecule has 1 spiro atoms. The van der Waals surface area contributed by atoms with Gasteiger partial charge in [-0.05, 0) is 32.6 Å². The molecule has 132 valence electrons. The van der Waals surface area contributed by atoms with Gasteiger partial charge in [-0.15, -0.1) is 0 Å². The quantitative estimate of drug-likeness (QED) is 0.479. The Kier molecular flexibility index (Phi) is 4.94. The second kappa shape index (κ2) is 6.99. The summed E-state index contributed by atoms with van der Waals surface area (Å²) in [4.78, 5) is 24.6. The lowest BCUT2D eigenvalue weighted by Crippen LogP contribution is -2.39. The molecule has 0 saturated carbocycles. The molecular formula is C22H26O3. The van der Waals surface area contributed by atoms with Gasteiger partial charge in [0, 0.05) is 23.1 Å². The van der Waals surface area contributed by atoms with Crippen LogP contribution in [0.15, 0.2) is 41.5 Å². The summed E-state index contributed by atoms with van der Waals surface area (Å²) in [5, 5.41) is 0.